The molecule has 0 aromatic rings. The molecule has 0 atom stereocenters. The molecule has 0 saturated carbocycles. The van der Waals surface area contributed by atoms with Crippen LogP contribution >= 0.6 is 15.0 Å². The second kappa shape index (κ2) is 9.17. The topological polar surface area (TPSA) is 55.3 Å². The van der Waals surface area contributed by atoms with Crippen LogP contribution in [0, 0.1) is 0 Å². The van der Waals surface area contributed by atoms with Crippen LogP contribution in [-0.4, -0.2) is 57.6 Å². The predicted octanol–water partition coefficient (Wildman–Crippen LogP) is 8.69. The fourth-order valence-electron chi connectivity index (χ4n) is 4.30. The van der Waals surface area contributed by atoms with Crippen molar-refractivity contribution in [2.24, 2.45) is 8.82 Å². The van der Waals surface area contributed by atoms with E-state index in [1.165, 1.54) is 0 Å². The minimum Gasteiger partial charge on any atom is -0.301 e. The molecule has 0 aliphatic carbocycles. The molecule has 14 heteroatoms. The van der Waals surface area contributed by atoms with Gasteiger partial charge in [0.05, 0.1) is 0 Å². The molecule has 0 spiro atoms. The summed E-state index contributed by atoms with van der Waals surface area (Å²) in [4.78, 5) is 0. The van der Waals surface area contributed by atoms with E-state index in [0.29, 0.717) is 0 Å². The summed E-state index contributed by atoms with van der Waals surface area (Å²) in [6, 6.07) is 0. The Morgan fingerprint density at radius 2 is 0.656 bits per heavy atom. The van der Waals surface area contributed by atoms with Crippen molar-refractivity contribution in [3.63, 3.8) is 0 Å². The Balaban J connectivity index is 4.34. The molecule has 0 radical (unpaired) electrons. The van der Waals surface area contributed by atoms with Gasteiger partial charge in [0.1, 0.15) is 48.0 Å². The molecule has 32 heavy (non-hydrogen) atoms. The molecule has 1 heterocycles. The van der Waals surface area contributed by atoms with Crippen molar-refractivity contribution in [2.45, 2.75) is 118 Å². The first-order valence-electron chi connectivity index (χ1n) is 12.0. The number of hydrogen-bond donors (Lipinski definition) is 2. The van der Waals surface area contributed by atoms with Gasteiger partial charge >= 0.3 is 0 Å². The van der Waals surface area contributed by atoms with Crippen LogP contribution in [0.1, 0.15) is 0 Å². The van der Waals surface area contributed by atoms with Crippen molar-refractivity contribution >= 4 is 64.4 Å². The van der Waals surface area contributed by atoms with Crippen LogP contribution in [0.4, 0.5) is 0 Å². The Labute approximate surface area is 208 Å². The molecule has 0 amide bonds. The number of rotatable bonds is 8. The summed E-state index contributed by atoms with van der Waals surface area (Å²) in [5.41, 5.74) is 0. The minimum atomic E-state index is -2.04. The van der Waals surface area contributed by atoms with Gasteiger partial charge in [0.15, 0.2) is 16.5 Å². The highest BCUT2D eigenvalue weighted by Crippen LogP contribution is 2.89. The maximum Gasteiger partial charge on any atom is 0.175 e. The molecule has 1 rings (SSSR count). The van der Waals surface area contributed by atoms with Gasteiger partial charge in [-0.05, 0) is 39.3 Å². The average Bonchev–Trinajstić information content (AvgIpc) is 2.22. The van der Waals surface area contributed by atoms with Gasteiger partial charge in [-0.3, -0.25) is 9.51 Å². The van der Waals surface area contributed by atoms with Gasteiger partial charge < -0.3 is 8.82 Å². The molecule has 0 aromatic heterocycles. The summed E-state index contributed by atoms with van der Waals surface area (Å²) in [5.74, 6) is 0. The largest absolute Gasteiger partial charge is 0.301 e. The first kappa shape index (κ1) is 31.6. The van der Waals surface area contributed by atoms with Gasteiger partial charge in [-0.15, -0.1) is 0 Å². The third kappa shape index (κ3) is 7.80. The third-order valence-corrected chi connectivity index (χ3v) is 37.0. The lowest BCUT2D eigenvalue weighted by Gasteiger charge is -2.72. The molecule has 6 nitrogen and oxygen atoms in total. The van der Waals surface area contributed by atoms with E-state index in [-0.39, 0.29) is 0 Å². The van der Waals surface area contributed by atoms with Crippen molar-refractivity contribution in [3.05, 3.63) is 0 Å². The monoisotopic (exact) mass is 586 g/mol. The van der Waals surface area contributed by atoms with E-state index in [0.717, 1.165) is 0 Å². The van der Waals surface area contributed by atoms with Gasteiger partial charge in [-0.2, -0.15) is 0 Å². The Hall–Kier alpha value is 1.60. The highest BCUT2D eigenvalue weighted by molar-refractivity contribution is 7.95. The zero-order valence-electron chi connectivity index (χ0n) is 24.7. The summed E-state index contributed by atoms with van der Waals surface area (Å²) in [6.45, 7) is 44.5. The Morgan fingerprint density at radius 1 is 0.438 bits per heavy atom. The van der Waals surface area contributed by atoms with E-state index in [9.17, 15) is 0 Å². The van der Waals surface area contributed by atoms with Gasteiger partial charge in [-0.1, -0.05) is 78.6 Å². The van der Waals surface area contributed by atoms with E-state index in [4.69, 9.17) is 8.82 Å². The van der Waals surface area contributed by atoms with E-state index in [1.54, 1.807) is 0 Å². The lowest BCUT2D eigenvalue weighted by molar-refractivity contribution is 0.746. The molecule has 0 unspecified atom stereocenters. The average molecular weight is 587 g/mol. The highest BCUT2D eigenvalue weighted by Gasteiger charge is 2.68. The smallest absolute Gasteiger partial charge is 0.175 e. The van der Waals surface area contributed by atoms with Crippen LogP contribution in [0.3, 0.4) is 0 Å². The maximum atomic E-state index is 5.94. The van der Waals surface area contributed by atoms with Crippen molar-refractivity contribution in [3.8, 4) is 0 Å². The second-order valence-corrected chi connectivity index (χ2v) is 52.0. The van der Waals surface area contributed by atoms with Crippen LogP contribution in [-0.2, 0) is 0 Å². The van der Waals surface area contributed by atoms with Crippen LogP contribution in [0.5, 0.6) is 0 Å². The van der Waals surface area contributed by atoms with Crippen LogP contribution in [0.2, 0.25) is 118 Å². The zero-order valence-corrected chi connectivity index (χ0v) is 32.5. The summed E-state index contributed by atoms with van der Waals surface area (Å²) in [7, 11) is -14.3. The van der Waals surface area contributed by atoms with E-state index in [2.05, 4.69) is 136 Å². The maximum absolute atomic E-state index is 5.94. The minimum absolute atomic E-state index is 1.62. The summed E-state index contributed by atoms with van der Waals surface area (Å²) in [5, 5.41) is 0. The lowest BCUT2D eigenvalue weighted by Crippen LogP contribution is -2.70. The fourth-order valence-corrected chi connectivity index (χ4v) is 48.3. The van der Waals surface area contributed by atoms with Crippen molar-refractivity contribution < 1.29 is 0 Å². The van der Waals surface area contributed by atoms with Crippen LogP contribution < -0.4 is 9.51 Å². The van der Waals surface area contributed by atoms with E-state index < -0.39 is 64.4 Å². The quantitative estimate of drug-likeness (QED) is 0.221. The third-order valence-electron chi connectivity index (χ3n) is 4.11. The first-order chi connectivity index (χ1) is 13.6. The summed E-state index contributed by atoms with van der Waals surface area (Å²) >= 11 is 0. The summed E-state index contributed by atoms with van der Waals surface area (Å²) in [6.07, 6.45) is 0. The van der Waals surface area contributed by atoms with Gasteiger partial charge in [0, 0.05) is 0 Å². The Bertz CT molecular complexity index is 723. The van der Waals surface area contributed by atoms with Gasteiger partial charge in [-0.25, -0.2) is 8.21 Å². The van der Waals surface area contributed by atoms with Crippen molar-refractivity contribution in [1.29, 1.82) is 0 Å². The normalized spacial score (nSPS) is 27.3. The second-order valence-electron chi connectivity index (χ2n) is 15.3. The first-order valence-corrected chi connectivity index (χ1v) is 36.1. The highest BCUT2D eigenvalue weighted by atomic mass is 31.3. The van der Waals surface area contributed by atoms with Gasteiger partial charge in [0.25, 0.3) is 0 Å². The predicted molar refractivity (Wildman–Crippen MR) is 169 cm³/mol. The molecular formula is C18H56N6P2Si6. The lowest BCUT2D eigenvalue weighted by atomic mass is 11.8. The molecule has 1 aliphatic heterocycles. The molecule has 1 saturated heterocycles. The Kier molecular flexibility index (Phi) is 9.06. The standard InChI is InChI=1S/C18H56N6P2Si6/c1-27(2,3)19-25(20-28(4,5)6)23(31(13,14)15)26(21-29(7,8)9,22-30(10,11)12)24(25)32(16,17)18/h19,21H,1-18H3. The van der Waals surface area contributed by atoms with Crippen LogP contribution in [0.15, 0.2) is 8.82 Å². The number of hydrogen-bond acceptors (Lipinski definition) is 2. The van der Waals surface area contributed by atoms with E-state index >= 15 is 0 Å². The number of nitrogens with zero attached hydrogens (tertiary/aromatic N) is 4. The Morgan fingerprint density at radius 3 is 0.781 bits per heavy atom. The van der Waals surface area contributed by atoms with Crippen LogP contribution in [0.25, 0.3) is 0 Å². The SMILES string of the molecule is C[Si](C)(C)N=P1(N[Si](C)(C)C)N([Si](C)(C)C)P(=N[Si](C)(C)C)(N[Si](C)(C)C)N1[Si](C)(C)C. The zero-order chi connectivity index (χ0) is 26.0. The molecule has 192 valence electrons. The molecule has 1 fully saturated rings. The number of nitrogens with one attached hydrogen (secondary N) is 2. The summed E-state index contributed by atoms with van der Waals surface area (Å²) < 4.78 is 26.6. The van der Waals surface area contributed by atoms with Gasteiger partial charge in [0.2, 0.25) is 0 Å². The molecule has 0 bridgehead atoms. The molecule has 1 aliphatic rings. The fraction of sp³-hybridized carbons (Fsp3) is 1.00. The van der Waals surface area contributed by atoms with Crippen molar-refractivity contribution in [1.82, 2.24) is 17.7 Å². The van der Waals surface area contributed by atoms with Crippen molar-refractivity contribution in [2.75, 3.05) is 0 Å². The molecular weight excluding hydrogens is 531 g/mol. The molecule has 2 N–H and O–H groups in total. The molecule has 0 aromatic carbocycles. The van der Waals surface area contributed by atoms with E-state index in [1.807, 2.05) is 0 Å².